The summed E-state index contributed by atoms with van der Waals surface area (Å²) in [6.07, 6.45) is 4.49. The van der Waals surface area contributed by atoms with E-state index in [1.807, 2.05) is 6.19 Å². The number of rotatable bonds is 5. The fourth-order valence-electron chi connectivity index (χ4n) is 0.714. The van der Waals surface area contributed by atoms with Crippen LogP contribution in [0.15, 0.2) is 0 Å². The fraction of sp³-hybridized carbons (Fsp3) is 0.857. The second kappa shape index (κ2) is 4.13. The number of nitriles is 1. The molecule has 1 fully saturated rings. The minimum Gasteiger partial charge on any atom is -0.379 e. The largest absolute Gasteiger partial charge is 0.379 e. The lowest BCUT2D eigenvalue weighted by atomic mass is 10.5. The predicted molar refractivity (Wildman–Crippen MR) is 37.2 cm³/mol. The highest BCUT2D eigenvalue weighted by Crippen LogP contribution is 2.28. The van der Waals surface area contributed by atoms with Crippen LogP contribution < -0.4 is 5.32 Å². The van der Waals surface area contributed by atoms with Crippen LogP contribution in [-0.4, -0.2) is 19.8 Å². The van der Waals surface area contributed by atoms with Gasteiger partial charge in [0.1, 0.15) is 0 Å². The normalized spacial score (nSPS) is 16.3. The first-order chi connectivity index (χ1) is 4.93. The van der Waals surface area contributed by atoms with Gasteiger partial charge in [0.15, 0.2) is 6.19 Å². The van der Waals surface area contributed by atoms with Gasteiger partial charge in [-0.1, -0.05) is 0 Å². The second-order valence-corrected chi connectivity index (χ2v) is 2.56. The Labute approximate surface area is 61.0 Å². The summed E-state index contributed by atoms with van der Waals surface area (Å²) in [4.78, 5) is 0. The minimum absolute atomic E-state index is 0.642. The van der Waals surface area contributed by atoms with Gasteiger partial charge in [0, 0.05) is 13.2 Å². The van der Waals surface area contributed by atoms with Gasteiger partial charge in [-0.2, -0.15) is 5.26 Å². The molecule has 0 radical (unpaired) electrons. The molecule has 0 saturated heterocycles. The maximum Gasteiger partial charge on any atom is 0.176 e. The van der Waals surface area contributed by atoms with Crippen LogP contribution in [0.5, 0.6) is 0 Å². The summed E-state index contributed by atoms with van der Waals surface area (Å²) in [6, 6.07) is 0. The molecule has 0 heterocycles. The number of hydrogen-bond acceptors (Lipinski definition) is 3. The molecule has 0 amide bonds. The van der Waals surface area contributed by atoms with Crippen LogP contribution in [0.4, 0.5) is 0 Å². The van der Waals surface area contributed by atoms with Crippen LogP contribution in [0.3, 0.4) is 0 Å². The van der Waals surface area contributed by atoms with Crippen LogP contribution in [0.1, 0.15) is 12.8 Å². The Balaban J connectivity index is 1.73. The molecule has 56 valence electrons. The van der Waals surface area contributed by atoms with Gasteiger partial charge >= 0.3 is 0 Å². The van der Waals surface area contributed by atoms with Gasteiger partial charge in [-0.25, -0.2) is 0 Å². The molecular weight excluding hydrogens is 128 g/mol. The topological polar surface area (TPSA) is 45.0 Å². The third-order valence-corrected chi connectivity index (χ3v) is 1.50. The first-order valence-electron chi connectivity index (χ1n) is 3.63. The van der Waals surface area contributed by atoms with E-state index in [1.165, 1.54) is 12.8 Å². The van der Waals surface area contributed by atoms with E-state index in [0.29, 0.717) is 13.2 Å². The molecule has 0 spiro atoms. The summed E-state index contributed by atoms with van der Waals surface area (Å²) in [7, 11) is 0. The Morgan fingerprint density at radius 2 is 2.40 bits per heavy atom. The highest BCUT2D eigenvalue weighted by atomic mass is 16.5. The highest BCUT2D eigenvalue weighted by Gasteiger charge is 2.20. The lowest BCUT2D eigenvalue weighted by molar-refractivity contribution is 0.128. The van der Waals surface area contributed by atoms with E-state index in [-0.39, 0.29) is 0 Å². The van der Waals surface area contributed by atoms with E-state index >= 15 is 0 Å². The van der Waals surface area contributed by atoms with E-state index < -0.39 is 0 Å². The van der Waals surface area contributed by atoms with E-state index in [9.17, 15) is 0 Å². The summed E-state index contributed by atoms with van der Waals surface area (Å²) in [5, 5.41) is 10.6. The fourth-order valence-corrected chi connectivity index (χ4v) is 0.714. The number of hydrogen-bond donors (Lipinski definition) is 1. The van der Waals surface area contributed by atoms with E-state index in [4.69, 9.17) is 10.00 Å². The number of ether oxygens (including phenoxy) is 1. The molecule has 10 heavy (non-hydrogen) atoms. The Hall–Kier alpha value is -0.750. The maximum absolute atomic E-state index is 8.07. The van der Waals surface area contributed by atoms with Gasteiger partial charge in [-0.3, -0.25) is 0 Å². The van der Waals surface area contributed by atoms with Gasteiger partial charge < -0.3 is 10.1 Å². The zero-order valence-corrected chi connectivity index (χ0v) is 5.97. The molecule has 1 aliphatic rings. The smallest absolute Gasteiger partial charge is 0.176 e. The maximum atomic E-state index is 8.07. The van der Waals surface area contributed by atoms with Crippen molar-refractivity contribution in [2.24, 2.45) is 5.92 Å². The zero-order chi connectivity index (χ0) is 7.23. The molecule has 0 unspecified atom stereocenters. The molecule has 1 saturated carbocycles. The van der Waals surface area contributed by atoms with Gasteiger partial charge in [-0.05, 0) is 18.8 Å². The van der Waals surface area contributed by atoms with Crippen molar-refractivity contribution in [3.05, 3.63) is 0 Å². The summed E-state index contributed by atoms with van der Waals surface area (Å²) in [5.74, 6) is 0.821. The third kappa shape index (κ3) is 3.31. The zero-order valence-electron chi connectivity index (χ0n) is 5.97. The van der Waals surface area contributed by atoms with Crippen molar-refractivity contribution < 1.29 is 4.74 Å². The average molecular weight is 140 g/mol. The average Bonchev–Trinajstić information content (AvgIpc) is 2.71. The molecule has 0 aliphatic heterocycles. The van der Waals surface area contributed by atoms with Crippen LogP contribution >= 0.6 is 0 Å². The van der Waals surface area contributed by atoms with Crippen molar-refractivity contribution in [2.45, 2.75) is 12.8 Å². The van der Waals surface area contributed by atoms with E-state index in [0.717, 1.165) is 12.5 Å². The van der Waals surface area contributed by atoms with E-state index in [2.05, 4.69) is 5.32 Å². The Kier molecular flexibility index (Phi) is 3.04. The molecule has 3 heteroatoms. The van der Waals surface area contributed by atoms with E-state index in [1.54, 1.807) is 0 Å². The lowest BCUT2D eigenvalue weighted by Crippen LogP contribution is -2.14. The first kappa shape index (κ1) is 7.36. The molecule has 0 atom stereocenters. The molecule has 0 aromatic heterocycles. The molecule has 1 aliphatic carbocycles. The molecule has 3 nitrogen and oxygen atoms in total. The molecule has 1 rings (SSSR count). The number of nitrogens with one attached hydrogen (secondary N) is 1. The highest BCUT2D eigenvalue weighted by molar-refractivity contribution is 4.72. The van der Waals surface area contributed by atoms with Crippen LogP contribution in [0.2, 0.25) is 0 Å². The lowest BCUT2D eigenvalue weighted by Gasteiger charge is -1.99. The Morgan fingerprint density at radius 3 is 3.00 bits per heavy atom. The SMILES string of the molecule is N#CNCCOCC1CC1. The minimum atomic E-state index is 0.642. The molecule has 0 aromatic rings. The monoisotopic (exact) mass is 140 g/mol. The van der Waals surface area contributed by atoms with Crippen molar-refractivity contribution >= 4 is 0 Å². The molecular formula is C7H12N2O. The van der Waals surface area contributed by atoms with Gasteiger partial charge in [-0.15, -0.1) is 0 Å². The standard InChI is InChI=1S/C7H12N2O/c8-6-9-3-4-10-5-7-1-2-7/h7,9H,1-5H2. The molecule has 0 aromatic carbocycles. The predicted octanol–water partition coefficient (Wildman–Crippen LogP) is 0.484. The Morgan fingerprint density at radius 1 is 1.60 bits per heavy atom. The summed E-state index contributed by atoms with van der Waals surface area (Å²) >= 11 is 0. The quantitative estimate of drug-likeness (QED) is 0.343. The number of nitrogens with zero attached hydrogens (tertiary/aromatic N) is 1. The molecule has 1 N–H and O–H groups in total. The van der Waals surface area contributed by atoms with Crippen LogP contribution in [-0.2, 0) is 4.74 Å². The summed E-state index contributed by atoms with van der Waals surface area (Å²) in [6.45, 7) is 2.18. The third-order valence-electron chi connectivity index (χ3n) is 1.50. The van der Waals surface area contributed by atoms with Crippen LogP contribution in [0.25, 0.3) is 0 Å². The summed E-state index contributed by atoms with van der Waals surface area (Å²) < 4.78 is 5.25. The Bertz CT molecular complexity index is 126. The van der Waals surface area contributed by atoms with Crippen molar-refractivity contribution in [1.82, 2.24) is 5.32 Å². The van der Waals surface area contributed by atoms with Crippen molar-refractivity contribution in [3.63, 3.8) is 0 Å². The van der Waals surface area contributed by atoms with Gasteiger partial charge in [0.25, 0.3) is 0 Å². The van der Waals surface area contributed by atoms with Crippen LogP contribution in [0, 0.1) is 17.4 Å². The van der Waals surface area contributed by atoms with Crippen molar-refractivity contribution in [1.29, 1.82) is 5.26 Å². The summed E-state index contributed by atoms with van der Waals surface area (Å²) in [5.41, 5.74) is 0. The van der Waals surface area contributed by atoms with Crippen molar-refractivity contribution in [3.8, 4) is 6.19 Å². The van der Waals surface area contributed by atoms with Gasteiger partial charge in [0.05, 0.1) is 6.61 Å². The second-order valence-electron chi connectivity index (χ2n) is 2.56. The molecule has 0 bridgehead atoms. The first-order valence-corrected chi connectivity index (χ1v) is 3.63. The van der Waals surface area contributed by atoms with Crippen molar-refractivity contribution in [2.75, 3.05) is 19.8 Å². The van der Waals surface area contributed by atoms with Gasteiger partial charge in [0.2, 0.25) is 0 Å².